The normalized spacial score (nSPS) is 26.9. The van der Waals surface area contributed by atoms with Gasteiger partial charge in [0.2, 0.25) is 0 Å². The molecule has 0 radical (unpaired) electrons. The first-order chi connectivity index (χ1) is 6.18. The van der Waals surface area contributed by atoms with E-state index in [-0.39, 0.29) is 5.41 Å². The van der Waals surface area contributed by atoms with Crippen molar-refractivity contribution in [2.75, 3.05) is 0 Å². The van der Waals surface area contributed by atoms with E-state index in [0.29, 0.717) is 0 Å². The second-order valence-corrected chi connectivity index (χ2v) is 4.18. The molecule has 13 heavy (non-hydrogen) atoms. The second kappa shape index (κ2) is 4.40. The van der Waals surface area contributed by atoms with Crippen molar-refractivity contribution >= 4 is 6.29 Å². The minimum absolute atomic E-state index is 0.0912. The van der Waals surface area contributed by atoms with E-state index in [1.807, 2.05) is 0 Å². The van der Waals surface area contributed by atoms with Gasteiger partial charge in [0.1, 0.15) is 6.29 Å². The maximum absolute atomic E-state index is 11.0. The van der Waals surface area contributed by atoms with Crippen LogP contribution in [0.2, 0.25) is 0 Å². The van der Waals surface area contributed by atoms with Gasteiger partial charge in [-0.15, -0.1) is 0 Å². The summed E-state index contributed by atoms with van der Waals surface area (Å²) in [5, 5.41) is 0. The van der Waals surface area contributed by atoms with E-state index in [4.69, 9.17) is 0 Å². The van der Waals surface area contributed by atoms with Crippen LogP contribution < -0.4 is 0 Å². The zero-order valence-electron chi connectivity index (χ0n) is 8.55. The summed E-state index contributed by atoms with van der Waals surface area (Å²) in [6.07, 6.45) is 11.5. The molecule has 0 heterocycles. The summed E-state index contributed by atoms with van der Waals surface area (Å²) in [4.78, 5) is 11.0. The Morgan fingerprint density at radius 3 is 2.69 bits per heavy atom. The molecular formula is C12H18O. The molecule has 0 aliphatic heterocycles. The number of carbonyl (C=O) groups is 1. The summed E-state index contributed by atoms with van der Waals surface area (Å²) in [5.41, 5.74) is 1.21. The Hall–Kier alpha value is -0.850. The number of hydrogen-bond donors (Lipinski definition) is 0. The minimum atomic E-state index is -0.0912. The molecule has 0 aromatic heterocycles. The molecule has 0 aromatic carbocycles. The number of carbonyl (C=O) groups excluding carboxylic acids is 1. The second-order valence-electron chi connectivity index (χ2n) is 4.18. The average molecular weight is 178 g/mol. The molecule has 0 N–H and O–H groups in total. The molecule has 0 saturated heterocycles. The van der Waals surface area contributed by atoms with Crippen molar-refractivity contribution in [2.24, 2.45) is 5.41 Å². The molecule has 0 bridgehead atoms. The molecule has 0 saturated carbocycles. The largest absolute Gasteiger partial charge is 0.303 e. The monoisotopic (exact) mass is 178 g/mol. The molecule has 1 unspecified atom stereocenters. The Bertz CT molecular complexity index is 234. The van der Waals surface area contributed by atoms with E-state index in [1.165, 1.54) is 5.57 Å². The fourth-order valence-corrected chi connectivity index (χ4v) is 1.66. The first kappa shape index (κ1) is 10.2. The SMILES string of the molecule is CC(C)=CCC1(C=O)CC=CCC1. The molecule has 1 aliphatic carbocycles. The highest BCUT2D eigenvalue weighted by Gasteiger charge is 2.28. The molecule has 0 aromatic rings. The number of aldehydes is 1. The maximum atomic E-state index is 11.0. The van der Waals surface area contributed by atoms with Gasteiger partial charge in [-0.2, -0.15) is 0 Å². The first-order valence-electron chi connectivity index (χ1n) is 4.93. The number of hydrogen-bond acceptors (Lipinski definition) is 1. The van der Waals surface area contributed by atoms with E-state index >= 15 is 0 Å². The third-order valence-corrected chi connectivity index (χ3v) is 2.67. The van der Waals surface area contributed by atoms with Crippen molar-refractivity contribution < 1.29 is 4.79 Å². The Labute approximate surface area is 80.5 Å². The summed E-state index contributed by atoms with van der Waals surface area (Å²) >= 11 is 0. The van der Waals surface area contributed by atoms with Gasteiger partial charge in [-0.3, -0.25) is 0 Å². The van der Waals surface area contributed by atoms with Crippen molar-refractivity contribution in [1.29, 1.82) is 0 Å². The highest BCUT2D eigenvalue weighted by molar-refractivity contribution is 5.60. The smallest absolute Gasteiger partial charge is 0.126 e. The summed E-state index contributed by atoms with van der Waals surface area (Å²) in [6.45, 7) is 4.16. The van der Waals surface area contributed by atoms with E-state index in [1.54, 1.807) is 0 Å². The van der Waals surface area contributed by atoms with Gasteiger partial charge >= 0.3 is 0 Å². The Morgan fingerprint density at radius 1 is 1.46 bits per heavy atom. The molecular weight excluding hydrogens is 160 g/mol. The van der Waals surface area contributed by atoms with Gasteiger partial charge in [-0.1, -0.05) is 23.8 Å². The van der Waals surface area contributed by atoms with Crippen molar-refractivity contribution in [3.8, 4) is 0 Å². The van der Waals surface area contributed by atoms with Gasteiger partial charge < -0.3 is 4.79 Å². The van der Waals surface area contributed by atoms with E-state index in [2.05, 4.69) is 32.1 Å². The predicted octanol–water partition coefficient (Wildman–Crippen LogP) is 3.27. The van der Waals surface area contributed by atoms with Crippen molar-refractivity contribution in [3.05, 3.63) is 23.8 Å². The van der Waals surface area contributed by atoms with Crippen LogP contribution in [-0.2, 0) is 4.79 Å². The Balaban J connectivity index is 2.64. The summed E-state index contributed by atoms with van der Waals surface area (Å²) < 4.78 is 0. The minimum Gasteiger partial charge on any atom is -0.303 e. The van der Waals surface area contributed by atoms with Crippen LogP contribution in [0.25, 0.3) is 0 Å². The Morgan fingerprint density at radius 2 is 2.23 bits per heavy atom. The van der Waals surface area contributed by atoms with Crippen LogP contribution in [0, 0.1) is 5.41 Å². The summed E-state index contributed by atoms with van der Waals surface area (Å²) in [5.74, 6) is 0. The van der Waals surface area contributed by atoms with E-state index in [9.17, 15) is 4.79 Å². The Kier molecular flexibility index (Phi) is 3.47. The van der Waals surface area contributed by atoms with Crippen molar-refractivity contribution in [3.63, 3.8) is 0 Å². The summed E-state index contributed by atoms with van der Waals surface area (Å²) in [7, 11) is 0. The molecule has 1 aliphatic rings. The number of allylic oxidation sites excluding steroid dienone is 4. The van der Waals surface area contributed by atoms with Gasteiger partial charge in [0.25, 0.3) is 0 Å². The lowest BCUT2D eigenvalue weighted by Crippen LogP contribution is -2.23. The molecule has 1 nitrogen and oxygen atoms in total. The van der Waals surface area contributed by atoms with E-state index < -0.39 is 0 Å². The molecule has 0 fully saturated rings. The van der Waals surface area contributed by atoms with Crippen LogP contribution >= 0.6 is 0 Å². The van der Waals surface area contributed by atoms with Crippen LogP contribution in [0.1, 0.15) is 39.5 Å². The molecule has 0 amide bonds. The van der Waals surface area contributed by atoms with Crippen molar-refractivity contribution in [1.82, 2.24) is 0 Å². The molecule has 0 spiro atoms. The third-order valence-electron chi connectivity index (χ3n) is 2.67. The lowest BCUT2D eigenvalue weighted by Gasteiger charge is -2.27. The first-order valence-corrected chi connectivity index (χ1v) is 4.93. The average Bonchev–Trinajstić information content (AvgIpc) is 2.16. The van der Waals surface area contributed by atoms with Gasteiger partial charge in [0, 0.05) is 5.41 Å². The maximum Gasteiger partial charge on any atom is 0.126 e. The molecule has 1 heteroatoms. The third kappa shape index (κ3) is 2.83. The molecule has 72 valence electrons. The van der Waals surface area contributed by atoms with Crippen LogP contribution in [-0.4, -0.2) is 6.29 Å². The fraction of sp³-hybridized carbons (Fsp3) is 0.583. The van der Waals surface area contributed by atoms with Gasteiger partial charge in [-0.25, -0.2) is 0 Å². The standard InChI is InChI=1S/C12H18O/c1-11(2)6-9-12(10-13)7-4-3-5-8-12/h3-4,6,10H,5,7-9H2,1-2H3. The summed E-state index contributed by atoms with van der Waals surface area (Å²) in [6, 6.07) is 0. The lowest BCUT2D eigenvalue weighted by molar-refractivity contribution is -0.116. The van der Waals surface area contributed by atoms with Gasteiger partial charge in [0.15, 0.2) is 0 Å². The van der Waals surface area contributed by atoms with Crippen LogP contribution in [0.5, 0.6) is 0 Å². The highest BCUT2D eigenvalue weighted by Crippen LogP contribution is 2.34. The number of rotatable bonds is 3. The zero-order valence-corrected chi connectivity index (χ0v) is 8.55. The molecule has 1 rings (SSSR count). The highest BCUT2D eigenvalue weighted by atomic mass is 16.1. The quantitative estimate of drug-likeness (QED) is 0.479. The lowest BCUT2D eigenvalue weighted by atomic mass is 9.75. The topological polar surface area (TPSA) is 17.1 Å². The van der Waals surface area contributed by atoms with E-state index in [0.717, 1.165) is 32.0 Å². The molecule has 1 atom stereocenters. The zero-order chi connectivity index (χ0) is 9.73. The van der Waals surface area contributed by atoms with Crippen molar-refractivity contribution in [2.45, 2.75) is 39.5 Å². The van der Waals surface area contributed by atoms with Crippen LogP contribution in [0.15, 0.2) is 23.8 Å². The van der Waals surface area contributed by atoms with Gasteiger partial charge in [0.05, 0.1) is 0 Å². The van der Waals surface area contributed by atoms with Crippen LogP contribution in [0.3, 0.4) is 0 Å². The fourth-order valence-electron chi connectivity index (χ4n) is 1.66. The predicted molar refractivity (Wildman–Crippen MR) is 55.5 cm³/mol. The van der Waals surface area contributed by atoms with Gasteiger partial charge in [-0.05, 0) is 39.5 Å². The van der Waals surface area contributed by atoms with Crippen LogP contribution in [0.4, 0.5) is 0 Å².